The van der Waals surface area contributed by atoms with Crippen LogP contribution in [0.3, 0.4) is 0 Å². The average Bonchev–Trinajstić information content (AvgIpc) is 2.07. The molecule has 0 amide bonds. The zero-order valence-electron chi connectivity index (χ0n) is 8.91. The highest BCUT2D eigenvalue weighted by molar-refractivity contribution is 7.86. The fraction of sp³-hybridized carbons (Fsp3) is 1.00. The van der Waals surface area contributed by atoms with Crippen molar-refractivity contribution in [3.05, 3.63) is 0 Å². The molecule has 0 aromatic heterocycles. The molecule has 0 radical (unpaired) electrons. The van der Waals surface area contributed by atoms with E-state index in [9.17, 15) is 13.5 Å². The van der Waals surface area contributed by atoms with Crippen LogP contribution in [0.15, 0.2) is 0 Å². The van der Waals surface area contributed by atoms with Crippen LogP contribution in [-0.2, 0) is 23.8 Å². The van der Waals surface area contributed by atoms with Crippen molar-refractivity contribution in [1.82, 2.24) is 0 Å². The van der Waals surface area contributed by atoms with Gasteiger partial charge in [-0.25, -0.2) is 0 Å². The van der Waals surface area contributed by atoms with Crippen molar-refractivity contribution >= 4 is 10.1 Å². The number of rotatable bonds is 3. The SMILES string of the molecule is CO[C@@H]1O[C@H](C)C[C@H](O)[C@H]1OS(C)(=O)=O. The summed E-state index contributed by atoms with van der Waals surface area (Å²) in [5.74, 6) is 0. The van der Waals surface area contributed by atoms with Crippen LogP contribution >= 0.6 is 0 Å². The van der Waals surface area contributed by atoms with E-state index in [1.54, 1.807) is 6.92 Å². The first-order valence-corrected chi connectivity index (χ1v) is 6.39. The molecule has 0 saturated carbocycles. The Bertz CT molecular complexity index is 300. The van der Waals surface area contributed by atoms with Gasteiger partial charge in [-0.1, -0.05) is 0 Å². The molecular formula is C8H16O6S. The second-order valence-electron chi connectivity index (χ2n) is 3.62. The summed E-state index contributed by atoms with van der Waals surface area (Å²) in [6.07, 6.45) is -1.72. The molecule has 1 N–H and O–H groups in total. The van der Waals surface area contributed by atoms with Crippen LogP contribution in [0.2, 0.25) is 0 Å². The lowest BCUT2D eigenvalue weighted by atomic mass is 10.0. The van der Waals surface area contributed by atoms with Crippen molar-refractivity contribution in [1.29, 1.82) is 0 Å². The Hall–Kier alpha value is -0.210. The van der Waals surface area contributed by atoms with Gasteiger partial charge in [-0.05, 0) is 6.92 Å². The molecule has 1 aliphatic rings. The molecular weight excluding hydrogens is 224 g/mol. The minimum atomic E-state index is -3.64. The third kappa shape index (κ3) is 3.69. The average molecular weight is 240 g/mol. The summed E-state index contributed by atoms with van der Waals surface area (Å²) < 4.78 is 36.8. The normalized spacial score (nSPS) is 37.9. The van der Waals surface area contributed by atoms with Gasteiger partial charge in [-0.3, -0.25) is 4.18 Å². The van der Waals surface area contributed by atoms with Crippen molar-refractivity contribution < 1.29 is 27.2 Å². The molecule has 15 heavy (non-hydrogen) atoms. The molecule has 1 heterocycles. The fourth-order valence-electron chi connectivity index (χ4n) is 1.52. The summed E-state index contributed by atoms with van der Waals surface area (Å²) in [5, 5.41) is 9.65. The zero-order valence-corrected chi connectivity index (χ0v) is 9.73. The maximum absolute atomic E-state index is 10.9. The Labute approximate surface area is 89.3 Å². The maximum atomic E-state index is 10.9. The van der Waals surface area contributed by atoms with E-state index in [1.165, 1.54) is 7.11 Å². The van der Waals surface area contributed by atoms with Crippen LogP contribution in [0.4, 0.5) is 0 Å². The standard InChI is InChI=1S/C8H16O6S/c1-5-4-6(9)7(8(12-2)13-5)14-15(3,10)11/h5-9H,4H2,1-3H3/t5-,6+,7-,8-/m1/s1. The topological polar surface area (TPSA) is 82.1 Å². The summed E-state index contributed by atoms with van der Waals surface area (Å²) in [5.41, 5.74) is 0. The van der Waals surface area contributed by atoms with Crippen molar-refractivity contribution in [2.45, 2.75) is 37.9 Å². The third-order valence-electron chi connectivity index (χ3n) is 2.11. The molecule has 1 fully saturated rings. The molecule has 1 rings (SSSR count). The molecule has 0 aliphatic carbocycles. The number of hydrogen-bond acceptors (Lipinski definition) is 6. The summed E-state index contributed by atoms with van der Waals surface area (Å²) in [6.45, 7) is 1.77. The molecule has 0 bridgehead atoms. The second kappa shape index (κ2) is 4.75. The predicted octanol–water partition coefficient (Wildman–Crippen LogP) is -0.527. The number of hydrogen-bond donors (Lipinski definition) is 1. The van der Waals surface area contributed by atoms with Crippen LogP contribution in [0, 0.1) is 0 Å². The Morgan fingerprint density at radius 2 is 2.07 bits per heavy atom. The van der Waals surface area contributed by atoms with E-state index in [4.69, 9.17) is 13.7 Å². The Kier molecular flexibility index (Phi) is 4.07. The monoisotopic (exact) mass is 240 g/mol. The maximum Gasteiger partial charge on any atom is 0.264 e. The lowest BCUT2D eigenvalue weighted by Gasteiger charge is -2.36. The van der Waals surface area contributed by atoms with Crippen molar-refractivity contribution in [2.24, 2.45) is 0 Å². The summed E-state index contributed by atoms with van der Waals surface area (Å²) >= 11 is 0. The summed E-state index contributed by atoms with van der Waals surface area (Å²) in [4.78, 5) is 0. The van der Waals surface area contributed by atoms with E-state index in [-0.39, 0.29) is 6.10 Å². The van der Waals surface area contributed by atoms with Crippen LogP contribution in [0.25, 0.3) is 0 Å². The van der Waals surface area contributed by atoms with Crippen LogP contribution in [0.1, 0.15) is 13.3 Å². The van der Waals surface area contributed by atoms with Gasteiger partial charge < -0.3 is 14.6 Å². The van der Waals surface area contributed by atoms with Crippen molar-refractivity contribution in [3.8, 4) is 0 Å². The molecule has 4 atom stereocenters. The molecule has 90 valence electrons. The van der Waals surface area contributed by atoms with Gasteiger partial charge >= 0.3 is 0 Å². The van der Waals surface area contributed by atoms with Gasteiger partial charge in [0.15, 0.2) is 12.4 Å². The molecule has 7 heteroatoms. The van der Waals surface area contributed by atoms with Crippen LogP contribution in [-0.4, -0.2) is 51.5 Å². The van der Waals surface area contributed by atoms with Gasteiger partial charge in [-0.15, -0.1) is 0 Å². The first-order chi connectivity index (χ1) is 6.83. The molecule has 0 aromatic rings. The summed E-state index contributed by atoms with van der Waals surface area (Å²) in [7, 11) is -2.27. The first kappa shape index (κ1) is 12.9. The molecule has 0 aromatic carbocycles. The molecule has 1 saturated heterocycles. The minimum absolute atomic E-state index is 0.190. The van der Waals surface area contributed by atoms with E-state index in [0.717, 1.165) is 6.26 Å². The molecule has 6 nitrogen and oxygen atoms in total. The van der Waals surface area contributed by atoms with Gasteiger partial charge in [0.05, 0.1) is 18.5 Å². The number of ether oxygens (including phenoxy) is 2. The van der Waals surface area contributed by atoms with Gasteiger partial charge in [0.25, 0.3) is 10.1 Å². The Morgan fingerprint density at radius 1 is 1.47 bits per heavy atom. The number of aliphatic hydroxyl groups excluding tert-OH is 1. The fourth-order valence-corrected chi connectivity index (χ4v) is 2.14. The van der Waals surface area contributed by atoms with Crippen LogP contribution in [0.5, 0.6) is 0 Å². The van der Waals surface area contributed by atoms with Gasteiger partial charge in [0.1, 0.15) is 0 Å². The lowest BCUT2D eigenvalue weighted by molar-refractivity contribution is -0.246. The predicted molar refractivity (Wildman–Crippen MR) is 51.7 cm³/mol. The minimum Gasteiger partial charge on any atom is -0.390 e. The lowest BCUT2D eigenvalue weighted by Crippen LogP contribution is -2.50. The highest BCUT2D eigenvalue weighted by atomic mass is 32.2. The number of aliphatic hydroxyl groups is 1. The quantitative estimate of drug-likeness (QED) is 0.668. The first-order valence-electron chi connectivity index (χ1n) is 4.58. The van der Waals surface area contributed by atoms with Gasteiger partial charge in [0, 0.05) is 13.5 Å². The van der Waals surface area contributed by atoms with E-state index in [0.29, 0.717) is 6.42 Å². The molecule has 1 aliphatic heterocycles. The van der Waals surface area contributed by atoms with E-state index in [2.05, 4.69) is 0 Å². The summed E-state index contributed by atoms with van der Waals surface area (Å²) in [6, 6.07) is 0. The smallest absolute Gasteiger partial charge is 0.264 e. The molecule has 0 spiro atoms. The van der Waals surface area contributed by atoms with E-state index in [1.807, 2.05) is 0 Å². The van der Waals surface area contributed by atoms with Crippen molar-refractivity contribution in [3.63, 3.8) is 0 Å². The van der Waals surface area contributed by atoms with Crippen LogP contribution < -0.4 is 0 Å². The third-order valence-corrected chi connectivity index (χ3v) is 2.68. The zero-order chi connectivity index (χ0) is 11.6. The highest BCUT2D eigenvalue weighted by Crippen LogP contribution is 2.24. The Balaban J connectivity index is 2.74. The second-order valence-corrected chi connectivity index (χ2v) is 5.22. The van der Waals surface area contributed by atoms with Gasteiger partial charge in [0.2, 0.25) is 0 Å². The van der Waals surface area contributed by atoms with Gasteiger partial charge in [-0.2, -0.15) is 8.42 Å². The van der Waals surface area contributed by atoms with Crippen molar-refractivity contribution in [2.75, 3.05) is 13.4 Å². The molecule has 0 unspecified atom stereocenters. The highest BCUT2D eigenvalue weighted by Gasteiger charge is 2.39. The van der Waals surface area contributed by atoms with E-state index >= 15 is 0 Å². The largest absolute Gasteiger partial charge is 0.390 e. The number of methoxy groups -OCH3 is 1. The Morgan fingerprint density at radius 3 is 2.53 bits per heavy atom. The van der Waals surface area contributed by atoms with E-state index < -0.39 is 28.6 Å².